The van der Waals surface area contributed by atoms with Crippen LogP contribution in [0.2, 0.25) is 0 Å². The summed E-state index contributed by atoms with van der Waals surface area (Å²) in [6, 6.07) is 8.29. The molecule has 0 saturated carbocycles. The molecule has 20 heavy (non-hydrogen) atoms. The Morgan fingerprint density at radius 1 is 1.30 bits per heavy atom. The van der Waals surface area contributed by atoms with Gasteiger partial charge in [-0.25, -0.2) is 4.98 Å². The summed E-state index contributed by atoms with van der Waals surface area (Å²) in [5, 5.41) is 10.7. The van der Waals surface area contributed by atoms with Gasteiger partial charge in [-0.2, -0.15) is 0 Å². The van der Waals surface area contributed by atoms with E-state index in [9.17, 15) is 10.1 Å². The summed E-state index contributed by atoms with van der Waals surface area (Å²) in [4.78, 5) is 15.5. The van der Waals surface area contributed by atoms with E-state index >= 15 is 0 Å². The van der Waals surface area contributed by atoms with Gasteiger partial charge in [-0.1, -0.05) is 0 Å². The fourth-order valence-corrected chi connectivity index (χ4v) is 3.02. The van der Waals surface area contributed by atoms with Crippen LogP contribution in [0.3, 0.4) is 0 Å². The standard InChI is InChI=1S/C13H7BrN2O3S/c14-12-5-2-9(20-12)3-6-13-15-10-7-8(16(17)18)1-4-11(10)19-13/h1-7H/b6-3+. The number of thiophene rings is 1. The predicted octanol–water partition coefficient (Wildman–Crippen LogP) is 4.73. The first-order valence-electron chi connectivity index (χ1n) is 5.60. The number of hydrogen-bond donors (Lipinski definition) is 0. The number of nitrogens with zero attached hydrogens (tertiary/aromatic N) is 2. The average molecular weight is 351 g/mol. The van der Waals surface area contributed by atoms with E-state index in [2.05, 4.69) is 20.9 Å². The van der Waals surface area contributed by atoms with Crippen molar-refractivity contribution in [2.24, 2.45) is 0 Å². The lowest BCUT2D eigenvalue weighted by molar-refractivity contribution is -0.384. The maximum Gasteiger partial charge on any atom is 0.271 e. The Bertz CT molecular complexity index is 822. The van der Waals surface area contributed by atoms with Crippen molar-refractivity contribution in [3.63, 3.8) is 0 Å². The molecule has 0 bridgehead atoms. The Morgan fingerprint density at radius 3 is 2.85 bits per heavy atom. The van der Waals surface area contributed by atoms with Crippen molar-refractivity contribution in [2.75, 3.05) is 0 Å². The van der Waals surface area contributed by atoms with Crippen LogP contribution in [0.1, 0.15) is 10.8 Å². The van der Waals surface area contributed by atoms with E-state index in [-0.39, 0.29) is 5.69 Å². The van der Waals surface area contributed by atoms with Gasteiger partial charge in [0.2, 0.25) is 5.89 Å². The summed E-state index contributed by atoms with van der Waals surface area (Å²) in [6.45, 7) is 0. The molecule has 0 fully saturated rings. The summed E-state index contributed by atoms with van der Waals surface area (Å²) in [7, 11) is 0. The van der Waals surface area contributed by atoms with Gasteiger partial charge < -0.3 is 4.42 Å². The van der Waals surface area contributed by atoms with Crippen molar-refractivity contribution < 1.29 is 9.34 Å². The Morgan fingerprint density at radius 2 is 2.15 bits per heavy atom. The van der Waals surface area contributed by atoms with Crippen molar-refractivity contribution in [1.29, 1.82) is 0 Å². The topological polar surface area (TPSA) is 69.2 Å². The summed E-state index contributed by atoms with van der Waals surface area (Å²) in [5.41, 5.74) is 1.01. The van der Waals surface area contributed by atoms with Gasteiger partial charge >= 0.3 is 0 Å². The third-order valence-electron chi connectivity index (χ3n) is 2.58. The van der Waals surface area contributed by atoms with Crippen molar-refractivity contribution in [1.82, 2.24) is 4.98 Å². The normalized spacial score (nSPS) is 11.4. The summed E-state index contributed by atoms with van der Waals surface area (Å²) < 4.78 is 6.55. The van der Waals surface area contributed by atoms with Crippen LogP contribution < -0.4 is 0 Å². The Hall–Kier alpha value is -1.99. The Balaban J connectivity index is 1.92. The van der Waals surface area contributed by atoms with Gasteiger partial charge in [0.25, 0.3) is 5.69 Å². The molecule has 0 aliphatic carbocycles. The second-order valence-electron chi connectivity index (χ2n) is 3.94. The smallest absolute Gasteiger partial charge is 0.271 e. The van der Waals surface area contributed by atoms with Gasteiger partial charge in [0, 0.05) is 23.1 Å². The molecule has 0 unspecified atom stereocenters. The van der Waals surface area contributed by atoms with Gasteiger partial charge in [-0.15, -0.1) is 11.3 Å². The van der Waals surface area contributed by atoms with Gasteiger partial charge in [0.05, 0.1) is 8.71 Å². The SMILES string of the molecule is O=[N+]([O-])c1ccc2oc(/C=C/c3ccc(Br)s3)nc2c1. The highest BCUT2D eigenvalue weighted by atomic mass is 79.9. The molecule has 100 valence electrons. The quantitative estimate of drug-likeness (QED) is 0.505. The number of aromatic nitrogens is 1. The van der Waals surface area contributed by atoms with E-state index in [1.807, 2.05) is 18.2 Å². The van der Waals surface area contributed by atoms with Crippen LogP contribution in [0.5, 0.6) is 0 Å². The third-order valence-corrected chi connectivity index (χ3v) is 4.17. The van der Waals surface area contributed by atoms with Crippen molar-refractivity contribution in [2.45, 2.75) is 0 Å². The van der Waals surface area contributed by atoms with Crippen LogP contribution in [0, 0.1) is 10.1 Å². The highest BCUT2D eigenvalue weighted by Gasteiger charge is 2.10. The number of non-ortho nitro benzene ring substituents is 1. The molecule has 3 aromatic rings. The Kier molecular flexibility index (Phi) is 3.37. The molecule has 1 aromatic carbocycles. The molecule has 7 heteroatoms. The lowest BCUT2D eigenvalue weighted by atomic mass is 10.3. The van der Waals surface area contributed by atoms with E-state index in [1.165, 1.54) is 12.1 Å². The van der Waals surface area contributed by atoms with Crippen LogP contribution in [-0.4, -0.2) is 9.91 Å². The largest absolute Gasteiger partial charge is 0.437 e. The minimum absolute atomic E-state index is 0.00326. The molecule has 0 amide bonds. The molecule has 0 N–H and O–H groups in total. The molecule has 0 saturated heterocycles. The second-order valence-corrected chi connectivity index (χ2v) is 6.43. The van der Waals surface area contributed by atoms with Crippen molar-refractivity contribution in [3.05, 3.63) is 55.0 Å². The van der Waals surface area contributed by atoms with Crippen LogP contribution in [0.25, 0.3) is 23.3 Å². The zero-order valence-electron chi connectivity index (χ0n) is 9.95. The number of hydrogen-bond acceptors (Lipinski definition) is 5. The molecule has 2 heterocycles. The number of rotatable bonds is 3. The number of halogens is 1. The maximum absolute atomic E-state index is 10.7. The molecule has 0 aliphatic heterocycles. The van der Waals surface area contributed by atoms with Gasteiger partial charge in [-0.3, -0.25) is 10.1 Å². The molecular weight excluding hydrogens is 344 g/mol. The molecular formula is C13H7BrN2O3S. The second kappa shape index (κ2) is 5.18. The van der Waals surface area contributed by atoms with E-state index in [0.717, 1.165) is 8.66 Å². The highest BCUT2D eigenvalue weighted by molar-refractivity contribution is 9.11. The first-order valence-corrected chi connectivity index (χ1v) is 7.21. The zero-order valence-corrected chi connectivity index (χ0v) is 12.3. The lowest BCUT2D eigenvalue weighted by Crippen LogP contribution is -1.86. The average Bonchev–Trinajstić information content (AvgIpc) is 3.00. The van der Waals surface area contributed by atoms with E-state index in [0.29, 0.717) is 17.0 Å². The molecule has 5 nitrogen and oxygen atoms in total. The molecule has 0 spiro atoms. The number of fused-ring (bicyclic) bond motifs is 1. The van der Waals surface area contributed by atoms with Gasteiger partial charge in [0.1, 0.15) is 5.52 Å². The van der Waals surface area contributed by atoms with Gasteiger partial charge in [-0.05, 0) is 40.2 Å². The van der Waals surface area contributed by atoms with Crippen molar-refractivity contribution >= 4 is 56.2 Å². The molecule has 3 rings (SSSR count). The van der Waals surface area contributed by atoms with E-state index in [1.54, 1.807) is 23.5 Å². The number of oxazole rings is 1. The number of benzene rings is 1. The minimum atomic E-state index is -0.452. The third kappa shape index (κ3) is 2.63. The molecule has 0 aliphatic rings. The summed E-state index contributed by atoms with van der Waals surface area (Å²) >= 11 is 4.98. The fourth-order valence-electron chi connectivity index (χ4n) is 1.69. The lowest BCUT2D eigenvalue weighted by Gasteiger charge is -1.88. The number of nitro groups is 1. The van der Waals surface area contributed by atoms with Crippen LogP contribution >= 0.6 is 27.3 Å². The zero-order chi connectivity index (χ0) is 14.1. The minimum Gasteiger partial charge on any atom is -0.437 e. The predicted molar refractivity (Wildman–Crippen MR) is 81.6 cm³/mol. The molecule has 0 radical (unpaired) electrons. The first-order chi connectivity index (χ1) is 9.61. The van der Waals surface area contributed by atoms with E-state index in [4.69, 9.17) is 4.42 Å². The highest BCUT2D eigenvalue weighted by Crippen LogP contribution is 2.25. The molecule has 2 aromatic heterocycles. The number of nitro benzene ring substituents is 1. The Labute approximate surface area is 125 Å². The summed E-state index contributed by atoms with van der Waals surface area (Å²) in [6.07, 6.45) is 3.62. The van der Waals surface area contributed by atoms with Crippen molar-refractivity contribution in [3.8, 4) is 0 Å². The van der Waals surface area contributed by atoms with Crippen LogP contribution in [0.15, 0.2) is 38.5 Å². The van der Waals surface area contributed by atoms with Gasteiger partial charge in [0.15, 0.2) is 5.58 Å². The summed E-state index contributed by atoms with van der Waals surface area (Å²) in [5.74, 6) is 0.421. The van der Waals surface area contributed by atoms with Crippen LogP contribution in [0.4, 0.5) is 5.69 Å². The molecule has 0 atom stereocenters. The van der Waals surface area contributed by atoms with E-state index < -0.39 is 4.92 Å². The van der Waals surface area contributed by atoms with Crippen LogP contribution in [-0.2, 0) is 0 Å². The maximum atomic E-state index is 10.7. The monoisotopic (exact) mass is 350 g/mol. The first kappa shape index (κ1) is 13.0. The fraction of sp³-hybridized carbons (Fsp3) is 0.